The zero-order chi connectivity index (χ0) is 16.8. The van der Waals surface area contributed by atoms with E-state index < -0.39 is 6.16 Å². The number of ether oxygens (including phenoxy) is 5. The Kier molecular flexibility index (Phi) is 11.2. The molecule has 0 heterocycles. The quantitative estimate of drug-likeness (QED) is 0.407. The summed E-state index contributed by atoms with van der Waals surface area (Å²) in [6.07, 6.45) is -1.30. The summed E-state index contributed by atoms with van der Waals surface area (Å²) in [6.45, 7) is 2.97. The van der Waals surface area contributed by atoms with Crippen LogP contribution in [0.3, 0.4) is 0 Å². The van der Waals surface area contributed by atoms with Crippen LogP contribution in [0.2, 0.25) is 0 Å². The van der Waals surface area contributed by atoms with E-state index in [2.05, 4.69) is 20.7 Å². The molecular weight excluding hydrogens is 372 g/mol. The van der Waals surface area contributed by atoms with Crippen LogP contribution in [-0.2, 0) is 18.9 Å². The normalized spacial score (nSPS) is 10.5. The van der Waals surface area contributed by atoms with E-state index in [1.165, 1.54) is 0 Å². The van der Waals surface area contributed by atoms with Crippen molar-refractivity contribution in [1.29, 1.82) is 0 Å². The Labute approximate surface area is 143 Å². The summed E-state index contributed by atoms with van der Waals surface area (Å²) >= 11 is 3.36. The topological polar surface area (TPSA) is 83.5 Å². The maximum atomic E-state index is 10.0. The monoisotopic (exact) mass is 392 g/mol. The minimum atomic E-state index is -1.30. The van der Waals surface area contributed by atoms with Crippen molar-refractivity contribution in [2.24, 2.45) is 0 Å². The van der Waals surface area contributed by atoms with E-state index in [9.17, 15) is 4.79 Å². The third kappa shape index (κ3) is 11.8. The van der Waals surface area contributed by atoms with Gasteiger partial charge in [-0.15, -0.1) is 0 Å². The molecule has 0 bridgehead atoms. The van der Waals surface area contributed by atoms with Gasteiger partial charge in [-0.2, -0.15) is 0 Å². The van der Waals surface area contributed by atoms with E-state index in [0.717, 1.165) is 10.2 Å². The molecule has 0 saturated carbocycles. The van der Waals surface area contributed by atoms with Crippen molar-refractivity contribution in [2.75, 3.05) is 52.9 Å². The van der Waals surface area contributed by atoms with Crippen LogP contribution < -0.4 is 4.74 Å². The first-order chi connectivity index (χ1) is 11.2. The van der Waals surface area contributed by atoms with E-state index in [1.54, 1.807) is 0 Å². The number of rotatable bonds is 13. The summed E-state index contributed by atoms with van der Waals surface area (Å²) in [5, 5.41) is 8.22. The minimum Gasteiger partial charge on any atom is -0.491 e. The molecule has 0 radical (unpaired) electrons. The van der Waals surface area contributed by atoms with E-state index in [1.807, 2.05) is 24.3 Å². The first-order valence-electron chi connectivity index (χ1n) is 7.16. The second-order valence-corrected chi connectivity index (χ2v) is 5.17. The van der Waals surface area contributed by atoms with Crippen molar-refractivity contribution in [3.05, 3.63) is 28.7 Å². The smallest absolute Gasteiger partial charge is 0.491 e. The molecule has 1 rings (SSSR count). The Balaban J connectivity index is 1.79. The minimum absolute atomic E-state index is 0.0246. The lowest BCUT2D eigenvalue weighted by Gasteiger charge is -2.08. The fourth-order valence-corrected chi connectivity index (χ4v) is 1.74. The van der Waals surface area contributed by atoms with E-state index in [-0.39, 0.29) is 13.2 Å². The first kappa shape index (κ1) is 19.7. The largest absolute Gasteiger partial charge is 0.505 e. The van der Waals surface area contributed by atoms with Crippen LogP contribution in [0, 0.1) is 0 Å². The number of halogens is 1. The number of hydrogen-bond donors (Lipinski definition) is 1. The van der Waals surface area contributed by atoms with Gasteiger partial charge in [0.25, 0.3) is 0 Å². The molecule has 7 nitrogen and oxygen atoms in total. The summed E-state index contributed by atoms with van der Waals surface area (Å²) in [5.74, 6) is 0.803. The third-order valence-corrected chi connectivity index (χ3v) is 3.04. The van der Waals surface area contributed by atoms with Crippen LogP contribution in [0.1, 0.15) is 0 Å². The van der Waals surface area contributed by atoms with Gasteiger partial charge in [-0.05, 0) is 24.3 Å². The Morgan fingerprint density at radius 2 is 1.30 bits per heavy atom. The Hall–Kier alpha value is -1.35. The summed E-state index contributed by atoms with van der Waals surface area (Å²) in [4.78, 5) is 10.0. The number of benzene rings is 1. The first-order valence-corrected chi connectivity index (χ1v) is 7.95. The van der Waals surface area contributed by atoms with E-state index in [0.29, 0.717) is 39.6 Å². The SMILES string of the molecule is O=C(O)OCCOCCOCCOCCOc1ccc(Br)cc1. The number of carbonyl (C=O) groups is 1. The van der Waals surface area contributed by atoms with Crippen LogP contribution in [0.5, 0.6) is 5.75 Å². The van der Waals surface area contributed by atoms with Crippen molar-refractivity contribution in [3.63, 3.8) is 0 Å². The molecule has 8 heteroatoms. The Bertz CT molecular complexity index is 424. The molecular formula is C15H21BrO7. The highest BCUT2D eigenvalue weighted by atomic mass is 79.9. The number of hydrogen-bond acceptors (Lipinski definition) is 6. The van der Waals surface area contributed by atoms with Gasteiger partial charge in [0.1, 0.15) is 19.0 Å². The molecule has 0 unspecified atom stereocenters. The van der Waals surface area contributed by atoms with Gasteiger partial charge in [-0.3, -0.25) is 0 Å². The molecule has 0 spiro atoms. The molecule has 23 heavy (non-hydrogen) atoms. The Morgan fingerprint density at radius 1 is 0.826 bits per heavy atom. The van der Waals surface area contributed by atoms with Gasteiger partial charge in [-0.1, -0.05) is 15.9 Å². The van der Waals surface area contributed by atoms with Crippen LogP contribution in [0.15, 0.2) is 28.7 Å². The Morgan fingerprint density at radius 3 is 1.83 bits per heavy atom. The van der Waals surface area contributed by atoms with Gasteiger partial charge in [0.15, 0.2) is 0 Å². The average molecular weight is 393 g/mol. The molecule has 130 valence electrons. The van der Waals surface area contributed by atoms with E-state index in [4.69, 9.17) is 24.1 Å². The maximum absolute atomic E-state index is 10.0. The molecule has 1 aromatic carbocycles. The van der Waals surface area contributed by atoms with Gasteiger partial charge in [0.2, 0.25) is 0 Å². The highest BCUT2D eigenvalue weighted by Gasteiger charge is 1.96. The fraction of sp³-hybridized carbons (Fsp3) is 0.533. The van der Waals surface area contributed by atoms with Crippen molar-refractivity contribution >= 4 is 22.1 Å². The highest BCUT2D eigenvalue weighted by molar-refractivity contribution is 9.10. The molecule has 0 amide bonds. The third-order valence-electron chi connectivity index (χ3n) is 2.51. The molecule has 0 atom stereocenters. The van der Waals surface area contributed by atoms with Crippen molar-refractivity contribution < 1.29 is 33.6 Å². The average Bonchev–Trinajstić information content (AvgIpc) is 2.53. The van der Waals surface area contributed by atoms with E-state index >= 15 is 0 Å². The molecule has 0 saturated heterocycles. The zero-order valence-electron chi connectivity index (χ0n) is 12.7. The second-order valence-electron chi connectivity index (χ2n) is 4.25. The van der Waals surface area contributed by atoms with Gasteiger partial charge < -0.3 is 28.8 Å². The fourth-order valence-electron chi connectivity index (χ4n) is 1.48. The summed E-state index contributed by atoms with van der Waals surface area (Å²) in [5.41, 5.74) is 0. The van der Waals surface area contributed by atoms with Gasteiger partial charge in [-0.25, -0.2) is 4.79 Å². The summed E-state index contributed by atoms with van der Waals surface area (Å²) in [6, 6.07) is 7.60. The predicted molar refractivity (Wildman–Crippen MR) is 86.1 cm³/mol. The summed E-state index contributed by atoms with van der Waals surface area (Å²) < 4.78 is 26.6. The van der Waals surface area contributed by atoms with Gasteiger partial charge in [0, 0.05) is 4.47 Å². The van der Waals surface area contributed by atoms with Gasteiger partial charge >= 0.3 is 6.16 Å². The van der Waals surface area contributed by atoms with Crippen molar-refractivity contribution in [2.45, 2.75) is 0 Å². The second kappa shape index (κ2) is 13.1. The standard InChI is InChI=1S/C15H21BrO7/c16-13-1-3-14(4-2-13)22-11-9-20-7-5-19-6-8-21-10-12-23-15(17)18/h1-4H,5-12H2,(H,17,18). The number of carboxylic acid groups (broad SMARTS) is 1. The summed E-state index contributed by atoms with van der Waals surface area (Å²) in [7, 11) is 0. The van der Waals surface area contributed by atoms with Crippen LogP contribution in [0.25, 0.3) is 0 Å². The van der Waals surface area contributed by atoms with Gasteiger partial charge in [0.05, 0.1) is 39.6 Å². The lowest BCUT2D eigenvalue weighted by Crippen LogP contribution is -2.14. The molecule has 0 aliphatic rings. The van der Waals surface area contributed by atoms with Crippen LogP contribution in [-0.4, -0.2) is 64.1 Å². The highest BCUT2D eigenvalue weighted by Crippen LogP contribution is 2.15. The van der Waals surface area contributed by atoms with Crippen LogP contribution >= 0.6 is 15.9 Å². The molecule has 0 aliphatic heterocycles. The molecule has 0 aliphatic carbocycles. The lowest BCUT2D eigenvalue weighted by atomic mass is 10.3. The lowest BCUT2D eigenvalue weighted by molar-refractivity contribution is -0.00154. The molecule has 1 aromatic rings. The van der Waals surface area contributed by atoms with Crippen molar-refractivity contribution in [1.82, 2.24) is 0 Å². The maximum Gasteiger partial charge on any atom is 0.505 e. The zero-order valence-corrected chi connectivity index (χ0v) is 14.3. The van der Waals surface area contributed by atoms with Crippen molar-refractivity contribution in [3.8, 4) is 5.75 Å². The van der Waals surface area contributed by atoms with Crippen LogP contribution in [0.4, 0.5) is 4.79 Å². The molecule has 0 aromatic heterocycles. The predicted octanol–water partition coefficient (Wildman–Crippen LogP) is 2.57. The molecule has 1 N–H and O–H groups in total. The molecule has 0 fully saturated rings.